The van der Waals surface area contributed by atoms with Gasteiger partial charge < -0.3 is 5.43 Å². The minimum Gasteiger partial charge on any atom is -0.306 e. The Kier molecular flexibility index (Phi) is 6.18. The summed E-state index contributed by atoms with van der Waals surface area (Å²) in [6.45, 7) is 2.95. The van der Waals surface area contributed by atoms with Gasteiger partial charge in [0.2, 0.25) is 0 Å². The van der Waals surface area contributed by atoms with Gasteiger partial charge in [-0.05, 0) is 35.4 Å². The number of hydrogen-bond donors (Lipinski definition) is 1. The molecule has 0 aliphatic carbocycles. The van der Waals surface area contributed by atoms with E-state index in [0.717, 1.165) is 12.1 Å². The molecule has 0 radical (unpaired) electrons. The van der Waals surface area contributed by atoms with E-state index in [4.69, 9.17) is 0 Å². The van der Waals surface area contributed by atoms with Gasteiger partial charge in [0.25, 0.3) is 0 Å². The summed E-state index contributed by atoms with van der Waals surface area (Å²) in [5, 5.41) is 4.25. The second-order valence-electron chi connectivity index (χ2n) is 4.50. The van der Waals surface area contributed by atoms with Crippen molar-refractivity contribution in [3.8, 4) is 0 Å². The van der Waals surface area contributed by atoms with Crippen LogP contribution in [0.25, 0.3) is 0 Å². The molecule has 20 heavy (non-hydrogen) atoms. The maximum atomic E-state index is 4.25. The monoisotopic (exact) mass is 284 g/mol. The molecule has 0 unspecified atom stereocenters. The summed E-state index contributed by atoms with van der Waals surface area (Å²) in [5.41, 5.74) is 5.41. The zero-order valence-corrected chi connectivity index (χ0v) is 12.6. The van der Waals surface area contributed by atoms with E-state index >= 15 is 0 Å². The van der Waals surface area contributed by atoms with Crippen molar-refractivity contribution in [3.05, 3.63) is 65.7 Å². The van der Waals surface area contributed by atoms with E-state index < -0.39 is 0 Å². The number of hydrazone groups is 1. The molecular weight excluding hydrogens is 264 g/mol. The Morgan fingerprint density at radius 3 is 2.50 bits per heavy atom. The molecule has 0 spiro atoms. The molecule has 0 heterocycles. The van der Waals surface area contributed by atoms with E-state index in [2.05, 4.69) is 53.8 Å². The van der Waals surface area contributed by atoms with Gasteiger partial charge in [-0.25, -0.2) is 0 Å². The lowest BCUT2D eigenvalue weighted by atomic mass is 10.2. The smallest absolute Gasteiger partial charge is 0.0580 e. The summed E-state index contributed by atoms with van der Waals surface area (Å²) in [7, 11) is 0. The number of nitrogens with one attached hydrogen (secondary N) is 1. The highest BCUT2D eigenvalue weighted by Gasteiger charge is 1.93. The molecular formula is C17H20N2S. The van der Waals surface area contributed by atoms with E-state index in [1.54, 1.807) is 0 Å². The summed E-state index contributed by atoms with van der Waals surface area (Å²) in [5.74, 6) is 1.17. The van der Waals surface area contributed by atoms with Crippen LogP contribution in [0.15, 0.2) is 64.6 Å². The highest BCUT2D eigenvalue weighted by Crippen LogP contribution is 2.18. The van der Waals surface area contributed by atoms with Crippen molar-refractivity contribution in [1.29, 1.82) is 0 Å². The molecule has 0 atom stereocenters. The van der Waals surface area contributed by atoms with Crippen LogP contribution in [0.4, 0.5) is 0 Å². The third-order valence-corrected chi connectivity index (χ3v) is 4.00. The van der Waals surface area contributed by atoms with Crippen LogP contribution in [-0.4, -0.2) is 12.0 Å². The van der Waals surface area contributed by atoms with Crippen LogP contribution in [0.1, 0.15) is 24.5 Å². The van der Waals surface area contributed by atoms with Gasteiger partial charge in [0.15, 0.2) is 0 Å². The standard InChI is InChI=1S/C17H20N2S/c1-2-12-20-17-10-8-16(9-11-17)14-19-18-13-15-6-4-3-5-7-15/h3-11,14,18H,2,12-13H2,1H3. The van der Waals surface area contributed by atoms with Crippen molar-refractivity contribution in [3.63, 3.8) is 0 Å². The van der Waals surface area contributed by atoms with Gasteiger partial charge >= 0.3 is 0 Å². The number of rotatable bonds is 7. The summed E-state index contributed by atoms with van der Waals surface area (Å²) in [4.78, 5) is 1.32. The molecule has 0 aliphatic heterocycles. The molecule has 0 fully saturated rings. The summed E-state index contributed by atoms with van der Waals surface area (Å²) >= 11 is 1.89. The number of nitrogens with zero attached hydrogens (tertiary/aromatic N) is 1. The largest absolute Gasteiger partial charge is 0.306 e. The zero-order valence-electron chi connectivity index (χ0n) is 11.8. The molecule has 0 aromatic heterocycles. The molecule has 2 aromatic rings. The molecule has 104 valence electrons. The van der Waals surface area contributed by atoms with Crippen LogP contribution in [0.2, 0.25) is 0 Å². The topological polar surface area (TPSA) is 24.4 Å². The van der Waals surface area contributed by atoms with Gasteiger partial charge in [0.05, 0.1) is 12.8 Å². The minimum absolute atomic E-state index is 0.752. The summed E-state index contributed by atoms with van der Waals surface area (Å²) in [6, 6.07) is 18.8. The Morgan fingerprint density at radius 1 is 1.05 bits per heavy atom. The zero-order chi connectivity index (χ0) is 14.0. The third kappa shape index (κ3) is 5.10. The van der Waals surface area contributed by atoms with E-state index in [1.807, 2.05) is 36.2 Å². The maximum Gasteiger partial charge on any atom is 0.0580 e. The van der Waals surface area contributed by atoms with Crippen molar-refractivity contribution in [1.82, 2.24) is 5.43 Å². The fraction of sp³-hybridized carbons (Fsp3) is 0.235. The number of hydrogen-bond acceptors (Lipinski definition) is 3. The molecule has 2 aromatic carbocycles. The molecule has 0 saturated heterocycles. The third-order valence-electron chi connectivity index (χ3n) is 2.78. The van der Waals surface area contributed by atoms with E-state index in [-0.39, 0.29) is 0 Å². The van der Waals surface area contributed by atoms with Crippen molar-refractivity contribution in [2.75, 3.05) is 5.75 Å². The molecule has 0 amide bonds. The Hall–Kier alpha value is -1.74. The summed E-state index contributed by atoms with van der Waals surface area (Å²) in [6.07, 6.45) is 3.06. The van der Waals surface area contributed by atoms with E-state index in [9.17, 15) is 0 Å². The first-order valence-corrected chi connectivity index (χ1v) is 7.90. The van der Waals surface area contributed by atoms with Crippen molar-refractivity contribution in [2.45, 2.75) is 24.8 Å². The first kappa shape index (κ1) is 14.7. The lowest BCUT2D eigenvalue weighted by Gasteiger charge is -2.01. The normalized spacial score (nSPS) is 10.8. The second-order valence-corrected chi connectivity index (χ2v) is 5.66. The van der Waals surface area contributed by atoms with Crippen LogP contribution < -0.4 is 5.43 Å². The van der Waals surface area contributed by atoms with Gasteiger partial charge in [0, 0.05) is 4.90 Å². The predicted octanol–water partition coefficient (Wildman–Crippen LogP) is 4.31. The second kappa shape index (κ2) is 8.43. The van der Waals surface area contributed by atoms with Crippen molar-refractivity contribution in [2.24, 2.45) is 5.10 Å². The van der Waals surface area contributed by atoms with Crippen LogP contribution in [0, 0.1) is 0 Å². The highest BCUT2D eigenvalue weighted by atomic mass is 32.2. The van der Waals surface area contributed by atoms with Crippen LogP contribution in [0.3, 0.4) is 0 Å². The molecule has 2 nitrogen and oxygen atoms in total. The predicted molar refractivity (Wildman–Crippen MR) is 88.3 cm³/mol. The molecule has 3 heteroatoms. The Labute approximate surface area is 125 Å². The average molecular weight is 284 g/mol. The fourth-order valence-corrected chi connectivity index (χ4v) is 2.49. The van der Waals surface area contributed by atoms with Gasteiger partial charge in [-0.15, -0.1) is 11.8 Å². The highest BCUT2D eigenvalue weighted by molar-refractivity contribution is 7.99. The number of benzene rings is 2. The first-order valence-electron chi connectivity index (χ1n) is 6.91. The van der Waals surface area contributed by atoms with Crippen molar-refractivity contribution >= 4 is 18.0 Å². The van der Waals surface area contributed by atoms with Gasteiger partial charge in [-0.1, -0.05) is 49.4 Å². The minimum atomic E-state index is 0.752. The maximum absolute atomic E-state index is 4.25. The van der Waals surface area contributed by atoms with E-state index in [0.29, 0.717) is 0 Å². The molecule has 2 rings (SSSR count). The SMILES string of the molecule is CCCSc1ccc(C=NNCc2ccccc2)cc1. The molecule has 1 N–H and O–H groups in total. The van der Waals surface area contributed by atoms with Crippen molar-refractivity contribution < 1.29 is 0 Å². The lowest BCUT2D eigenvalue weighted by Crippen LogP contribution is -2.05. The number of thioether (sulfide) groups is 1. The molecule has 0 saturated carbocycles. The Morgan fingerprint density at radius 2 is 1.80 bits per heavy atom. The van der Waals surface area contributed by atoms with Crippen LogP contribution in [0.5, 0.6) is 0 Å². The average Bonchev–Trinajstić information content (AvgIpc) is 2.52. The van der Waals surface area contributed by atoms with Crippen LogP contribution >= 0.6 is 11.8 Å². The summed E-state index contributed by atoms with van der Waals surface area (Å²) < 4.78 is 0. The van der Waals surface area contributed by atoms with Gasteiger partial charge in [-0.2, -0.15) is 5.10 Å². The Bertz CT molecular complexity index is 520. The van der Waals surface area contributed by atoms with Gasteiger partial charge in [0.1, 0.15) is 0 Å². The lowest BCUT2D eigenvalue weighted by molar-refractivity contribution is 0.748. The first-order chi connectivity index (χ1) is 9.88. The Balaban J connectivity index is 1.79. The molecule has 0 aliphatic rings. The van der Waals surface area contributed by atoms with Gasteiger partial charge in [-0.3, -0.25) is 0 Å². The quantitative estimate of drug-likeness (QED) is 0.465. The fourth-order valence-electron chi connectivity index (χ4n) is 1.72. The van der Waals surface area contributed by atoms with E-state index in [1.165, 1.54) is 22.6 Å². The van der Waals surface area contributed by atoms with Crippen LogP contribution in [-0.2, 0) is 6.54 Å². The molecule has 0 bridgehead atoms.